The van der Waals surface area contributed by atoms with Crippen LogP contribution in [-0.2, 0) is 6.42 Å². The van der Waals surface area contributed by atoms with E-state index in [0.717, 1.165) is 25.7 Å². The SMILES string of the molecule is COc1cccc(CC2(O)CCCCC2C)c1F. The molecule has 1 aliphatic rings. The van der Waals surface area contributed by atoms with E-state index >= 15 is 0 Å². The molecule has 1 aromatic carbocycles. The molecule has 1 saturated carbocycles. The summed E-state index contributed by atoms with van der Waals surface area (Å²) < 4.78 is 19.1. The van der Waals surface area contributed by atoms with Gasteiger partial charge in [0.05, 0.1) is 12.7 Å². The van der Waals surface area contributed by atoms with Crippen LogP contribution in [0, 0.1) is 11.7 Å². The van der Waals surface area contributed by atoms with Crippen LogP contribution >= 0.6 is 0 Å². The van der Waals surface area contributed by atoms with E-state index in [9.17, 15) is 9.50 Å². The molecule has 2 nitrogen and oxygen atoms in total. The van der Waals surface area contributed by atoms with Gasteiger partial charge in [-0.25, -0.2) is 4.39 Å². The zero-order valence-corrected chi connectivity index (χ0v) is 11.1. The van der Waals surface area contributed by atoms with Gasteiger partial charge in [0, 0.05) is 6.42 Å². The molecule has 1 fully saturated rings. The van der Waals surface area contributed by atoms with Gasteiger partial charge in [0.1, 0.15) is 0 Å². The van der Waals surface area contributed by atoms with E-state index in [4.69, 9.17) is 4.74 Å². The van der Waals surface area contributed by atoms with Crippen molar-refractivity contribution in [3.63, 3.8) is 0 Å². The second-order valence-electron chi connectivity index (χ2n) is 5.36. The third-order valence-corrected chi connectivity index (χ3v) is 4.17. The van der Waals surface area contributed by atoms with Crippen LogP contribution in [0.5, 0.6) is 5.75 Å². The van der Waals surface area contributed by atoms with Crippen molar-refractivity contribution in [3.05, 3.63) is 29.6 Å². The Bertz CT molecular complexity index is 419. The highest BCUT2D eigenvalue weighted by Crippen LogP contribution is 2.37. The number of ether oxygens (including phenoxy) is 1. The van der Waals surface area contributed by atoms with Gasteiger partial charge < -0.3 is 9.84 Å². The summed E-state index contributed by atoms with van der Waals surface area (Å²) in [7, 11) is 1.46. The second kappa shape index (κ2) is 5.27. The summed E-state index contributed by atoms with van der Waals surface area (Å²) in [5.74, 6) is 0.127. The van der Waals surface area contributed by atoms with Crippen LogP contribution in [0.25, 0.3) is 0 Å². The van der Waals surface area contributed by atoms with E-state index in [1.807, 2.05) is 0 Å². The van der Waals surface area contributed by atoms with E-state index in [0.29, 0.717) is 12.0 Å². The van der Waals surface area contributed by atoms with Crippen molar-refractivity contribution >= 4 is 0 Å². The largest absolute Gasteiger partial charge is 0.494 e. The lowest BCUT2D eigenvalue weighted by Crippen LogP contribution is -2.41. The smallest absolute Gasteiger partial charge is 0.168 e. The van der Waals surface area contributed by atoms with Crippen molar-refractivity contribution < 1.29 is 14.2 Å². The quantitative estimate of drug-likeness (QED) is 0.894. The lowest BCUT2D eigenvalue weighted by atomic mass is 9.73. The third-order valence-electron chi connectivity index (χ3n) is 4.17. The Morgan fingerprint density at radius 1 is 1.44 bits per heavy atom. The van der Waals surface area contributed by atoms with Crippen molar-refractivity contribution in [2.75, 3.05) is 7.11 Å². The van der Waals surface area contributed by atoms with Gasteiger partial charge >= 0.3 is 0 Å². The maximum Gasteiger partial charge on any atom is 0.168 e. The molecule has 0 heterocycles. The van der Waals surface area contributed by atoms with Gasteiger partial charge in [0.25, 0.3) is 0 Å². The van der Waals surface area contributed by atoms with Crippen LogP contribution in [-0.4, -0.2) is 17.8 Å². The topological polar surface area (TPSA) is 29.5 Å². The lowest BCUT2D eigenvalue weighted by molar-refractivity contribution is -0.0411. The first-order chi connectivity index (χ1) is 8.57. The maximum atomic E-state index is 14.1. The molecule has 100 valence electrons. The summed E-state index contributed by atoms with van der Waals surface area (Å²) in [4.78, 5) is 0. The van der Waals surface area contributed by atoms with Crippen molar-refractivity contribution in [1.82, 2.24) is 0 Å². The predicted molar refractivity (Wildman–Crippen MR) is 69.2 cm³/mol. The Labute approximate surface area is 108 Å². The molecule has 0 bridgehead atoms. The van der Waals surface area contributed by atoms with Gasteiger partial charge in [-0.1, -0.05) is 31.9 Å². The molecule has 0 aliphatic heterocycles. The first-order valence-corrected chi connectivity index (χ1v) is 6.60. The fourth-order valence-corrected chi connectivity index (χ4v) is 2.84. The number of rotatable bonds is 3. The highest BCUT2D eigenvalue weighted by Gasteiger charge is 2.36. The average molecular weight is 252 g/mol. The molecule has 0 aromatic heterocycles. The Balaban J connectivity index is 2.22. The standard InChI is InChI=1S/C15H21FO2/c1-11-6-3-4-9-15(11,17)10-12-7-5-8-13(18-2)14(12)16/h5,7-8,11,17H,3-4,6,9-10H2,1-2H3. The van der Waals surface area contributed by atoms with Crippen LogP contribution in [0.3, 0.4) is 0 Å². The molecule has 3 heteroatoms. The molecule has 0 saturated heterocycles. The second-order valence-corrected chi connectivity index (χ2v) is 5.36. The van der Waals surface area contributed by atoms with Gasteiger partial charge in [-0.15, -0.1) is 0 Å². The molecule has 0 spiro atoms. The van der Waals surface area contributed by atoms with Crippen LogP contribution in [0.2, 0.25) is 0 Å². The fourth-order valence-electron chi connectivity index (χ4n) is 2.84. The molecule has 1 aromatic rings. The van der Waals surface area contributed by atoms with Gasteiger partial charge in [-0.2, -0.15) is 0 Å². The third kappa shape index (κ3) is 2.51. The zero-order chi connectivity index (χ0) is 13.2. The summed E-state index contributed by atoms with van der Waals surface area (Å²) in [6.45, 7) is 2.05. The van der Waals surface area contributed by atoms with Crippen LogP contribution < -0.4 is 4.74 Å². The molecule has 2 unspecified atom stereocenters. The minimum Gasteiger partial charge on any atom is -0.494 e. The number of aliphatic hydroxyl groups is 1. The molecule has 1 N–H and O–H groups in total. The fraction of sp³-hybridized carbons (Fsp3) is 0.600. The molecule has 0 radical (unpaired) electrons. The minimum absolute atomic E-state index is 0.219. The van der Waals surface area contributed by atoms with E-state index in [2.05, 4.69) is 6.92 Å². The Morgan fingerprint density at radius 2 is 2.22 bits per heavy atom. The maximum absolute atomic E-state index is 14.1. The number of hydrogen-bond acceptors (Lipinski definition) is 2. The van der Waals surface area contributed by atoms with Gasteiger partial charge in [-0.3, -0.25) is 0 Å². The summed E-state index contributed by atoms with van der Waals surface area (Å²) in [6, 6.07) is 5.11. The highest BCUT2D eigenvalue weighted by atomic mass is 19.1. The van der Waals surface area contributed by atoms with E-state index < -0.39 is 5.60 Å². The van der Waals surface area contributed by atoms with E-state index in [1.54, 1.807) is 18.2 Å². The number of hydrogen-bond donors (Lipinski definition) is 1. The Kier molecular flexibility index (Phi) is 3.91. The van der Waals surface area contributed by atoms with Gasteiger partial charge in [0.2, 0.25) is 0 Å². The minimum atomic E-state index is -0.772. The summed E-state index contributed by atoms with van der Waals surface area (Å²) >= 11 is 0. The molecular formula is C15H21FO2. The van der Waals surface area contributed by atoms with Crippen molar-refractivity contribution in [2.45, 2.75) is 44.6 Å². The summed E-state index contributed by atoms with van der Waals surface area (Å²) in [5, 5.41) is 10.7. The van der Waals surface area contributed by atoms with Gasteiger partial charge in [0.15, 0.2) is 11.6 Å². The molecule has 0 amide bonds. The van der Waals surface area contributed by atoms with Crippen LogP contribution in [0.1, 0.15) is 38.2 Å². The number of benzene rings is 1. The Morgan fingerprint density at radius 3 is 2.89 bits per heavy atom. The Hall–Kier alpha value is -1.09. The molecule has 18 heavy (non-hydrogen) atoms. The molecule has 1 aliphatic carbocycles. The van der Waals surface area contributed by atoms with Crippen molar-refractivity contribution in [2.24, 2.45) is 5.92 Å². The van der Waals surface area contributed by atoms with Crippen LogP contribution in [0.15, 0.2) is 18.2 Å². The molecular weight excluding hydrogens is 231 g/mol. The zero-order valence-electron chi connectivity index (χ0n) is 11.1. The monoisotopic (exact) mass is 252 g/mol. The first kappa shape index (κ1) is 13.3. The van der Waals surface area contributed by atoms with Crippen LogP contribution in [0.4, 0.5) is 4.39 Å². The number of methoxy groups -OCH3 is 1. The summed E-state index contributed by atoms with van der Waals surface area (Å²) in [6.07, 6.45) is 4.32. The first-order valence-electron chi connectivity index (χ1n) is 6.60. The lowest BCUT2D eigenvalue weighted by Gasteiger charge is -2.38. The molecule has 2 rings (SSSR count). The normalized spacial score (nSPS) is 28.1. The van der Waals surface area contributed by atoms with Crippen molar-refractivity contribution in [3.8, 4) is 5.75 Å². The average Bonchev–Trinajstić information content (AvgIpc) is 2.36. The molecule has 2 atom stereocenters. The number of halogens is 1. The van der Waals surface area contributed by atoms with E-state index in [1.165, 1.54) is 7.11 Å². The van der Waals surface area contributed by atoms with Gasteiger partial charge in [-0.05, 0) is 30.4 Å². The predicted octanol–water partition coefficient (Wildman–Crippen LogP) is 3.32. The summed E-state index contributed by atoms with van der Waals surface area (Å²) in [5.41, 5.74) is -0.226. The van der Waals surface area contributed by atoms with Crippen molar-refractivity contribution in [1.29, 1.82) is 0 Å². The highest BCUT2D eigenvalue weighted by molar-refractivity contribution is 5.32. The van der Waals surface area contributed by atoms with E-state index in [-0.39, 0.29) is 17.5 Å².